The van der Waals surface area contributed by atoms with Crippen molar-refractivity contribution < 1.29 is 22.7 Å². The molecule has 0 bridgehead atoms. The van der Waals surface area contributed by atoms with Gasteiger partial charge in [0.25, 0.3) is 5.91 Å². The van der Waals surface area contributed by atoms with E-state index in [0.29, 0.717) is 41.2 Å². The lowest BCUT2D eigenvalue weighted by Gasteiger charge is -2.29. The van der Waals surface area contributed by atoms with E-state index in [9.17, 15) is 18.0 Å². The summed E-state index contributed by atoms with van der Waals surface area (Å²) in [6.07, 6.45) is 2.58. The Labute approximate surface area is 174 Å². The molecule has 29 heavy (non-hydrogen) atoms. The van der Waals surface area contributed by atoms with E-state index in [0.717, 1.165) is 16.0 Å². The van der Waals surface area contributed by atoms with Crippen LogP contribution in [0.3, 0.4) is 0 Å². The summed E-state index contributed by atoms with van der Waals surface area (Å²) < 4.78 is 30.5. The average Bonchev–Trinajstić information content (AvgIpc) is 2.93. The molecule has 0 atom stereocenters. The van der Waals surface area contributed by atoms with E-state index in [1.54, 1.807) is 25.1 Å². The van der Waals surface area contributed by atoms with Crippen molar-refractivity contribution in [3.63, 3.8) is 0 Å². The van der Waals surface area contributed by atoms with E-state index in [2.05, 4.69) is 5.32 Å². The van der Waals surface area contributed by atoms with Gasteiger partial charge in [-0.2, -0.15) is 0 Å². The Morgan fingerprint density at radius 2 is 2.00 bits per heavy atom. The number of nitrogens with one attached hydrogen (secondary N) is 1. The first-order valence-corrected chi connectivity index (χ1v) is 12.0. The minimum absolute atomic E-state index is 0.252. The lowest BCUT2D eigenvalue weighted by Crippen LogP contribution is -2.34. The fourth-order valence-electron chi connectivity index (χ4n) is 3.39. The topological polar surface area (TPSA) is 92.8 Å². The van der Waals surface area contributed by atoms with Crippen LogP contribution in [0.15, 0.2) is 18.2 Å². The molecule has 7 nitrogen and oxygen atoms in total. The number of amides is 1. The Morgan fingerprint density at radius 1 is 1.28 bits per heavy atom. The summed E-state index contributed by atoms with van der Waals surface area (Å²) in [5, 5.41) is 3.28. The van der Waals surface area contributed by atoms with Gasteiger partial charge in [-0.15, -0.1) is 11.3 Å². The summed E-state index contributed by atoms with van der Waals surface area (Å²) in [7, 11) is -3.36. The minimum atomic E-state index is -3.36. The molecule has 1 aromatic carbocycles. The zero-order valence-corrected chi connectivity index (χ0v) is 18.5. The van der Waals surface area contributed by atoms with Gasteiger partial charge in [0.1, 0.15) is 5.00 Å². The number of fused-ring (bicyclic) bond motifs is 1. The van der Waals surface area contributed by atoms with Crippen molar-refractivity contribution in [2.45, 2.75) is 33.6 Å². The third-order valence-corrected chi connectivity index (χ3v) is 7.21. The second-order valence-corrected chi connectivity index (χ2v) is 10.1. The highest BCUT2D eigenvalue weighted by atomic mass is 32.2. The molecular formula is C20H24N2O5S2. The minimum Gasteiger partial charge on any atom is -0.462 e. The third-order valence-electron chi connectivity index (χ3n) is 4.91. The summed E-state index contributed by atoms with van der Waals surface area (Å²) in [5.41, 5.74) is 3.02. The van der Waals surface area contributed by atoms with Crippen LogP contribution in [-0.4, -0.2) is 39.7 Å². The molecule has 1 N–H and O–H groups in total. The van der Waals surface area contributed by atoms with E-state index in [4.69, 9.17) is 4.74 Å². The zero-order chi connectivity index (χ0) is 21.3. The van der Waals surface area contributed by atoms with Crippen molar-refractivity contribution in [1.82, 2.24) is 0 Å². The Kier molecular flexibility index (Phi) is 6.00. The Bertz CT molecular complexity index is 1070. The molecule has 1 aliphatic heterocycles. The molecule has 156 valence electrons. The molecule has 0 spiro atoms. The lowest BCUT2D eigenvalue weighted by atomic mass is 10.0. The number of thiophene rings is 1. The molecule has 3 rings (SSSR count). The number of nitrogens with zero attached hydrogens (tertiary/aromatic N) is 1. The predicted molar refractivity (Wildman–Crippen MR) is 115 cm³/mol. The number of carbonyl (C=O) groups is 2. The number of sulfonamides is 1. The van der Waals surface area contributed by atoms with Crippen molar-refractivity contribution in [2.75, 3.05) is 29.0 Å². The number of hydrogen-bond donors (Lipinski definition) is 1. The van der Waals surface area contributed by atoms with Gasteiger partial charge in [0, 0.05) is 17.0 Å². The van der Waals surface area contributed by atoms with E-state index >= 15 is 0 Å². The molecule has 0 unspecified atom stereocenters. The molecule has 0 saturated carbocycles. The van der Waals surface area contributed by atoms with Crippen LogP contribution in [0.2, 0.25) is 0 Å². The number of esters is 1. The summed E-state index contributed by atoms with van der Waals surface area (Å²) in [6, 6.07) is 5.00. The van der Waals surface area contributed by atoms with Gasteiger partial charge >= 0.3 is 5.97 Å². The number of hydrogen-bond acceptors (Lipinski definition) is 6. The van der Waals surface area contributed by atoms with E-state index in [1.165, 1.54) is 21.9 Å². The van der Waals surface area contributed by atoms with Crippen LogP contribution >= 0.6 is 11.3 Å². The fraction of sp³-hybridized carbons (Fsp3) is 0.400. The summed E-state index contributed by atoms with van der Waals surface area (Å²) >= 11 is 1.33. The van der Waals surface area contributed by atoms with Crippen LogP contribution in [0.4, 0.5) is 10.7 Å². The first kappa shape index (κ1) is 21.3. The molecule has 9 heteroatoms. The second-order valence-electron chi connectivity index (χ2n) is 6.94. The number of rotatable bonds is 5. The maximum Gasteiger partial charge on any atom is 0.341 e. The first-order chi connectivity index (χ1) is 13.6. The third kappa shape index (κ3) is 4.30. The lowest BCUT2D eigenvalue weighted by molar-refractivity contribution is 0.0527. The fourth-order valence-corrected chi connectivity index (χ4v) is 5.43. The Hall–Kier alpha value is -2.39. The molecule has 0 saturated heterocycles. The van der Waals surface area contributed by atoms with Gasteiger partial charge in [-0.05, 0) is 62.9 Å². The second kappa shape index (κ2) is 8.16. The number of carbonyl (C=O) groups excluding carboxylic acids is 2. The molecule has 0 fully saturated rings. The first-order valence-electron chi connectivity index (χ1n) is 9.32. The van der Waals surface area contributed by atoms with Crippen LogP contribution in [-0.2, 0) is 21.2 Å². The quantitative estimate of drug-likeness (QED) is 0.724. The average molecular weight is 437 g/mol. The molecular weight excluding hydrogens is 412 g/mol. The van der Waals surface area contributed by atoms with E-state index in [1.807, 2.05) is 13.8 Å². The van der Waals surface area contributed by atoms with Crippen LogP contribution in [0.1, 0.15) is 50.1 Å². The number of ether oxygens (including phenoxy) is 1. The van der Waals surface area contributed by atoms with Crippen molar-refractivity contribution in [2.24, 2.45) is 0 Å². The highest BCUT2D eigenvalue weighted by Gasteiger charge is 2.26. The van der Waals surface area contributed by atoms with Gasteiger partial charge in [-0.3, -0.25) is 9.10 Å². The maximum absolute atomic E-state index is 12.8. The number of benzene rings is 1. The zero-order valence-electron chi connectivity index (χ0n) is 16.9. The Morgan fingerprint density at radius 3 is 2.66 bits per heavy atom. The molecule has 1 aromatic heterocycles. The Balaban J connectivity index is 1.90. The SMILES string of the molecule is CCOC(=O)c1c(NC(=O)c2ccc3c(c2)CCCN3S(C)(=O)=O)sc(C)c1C. The molecule has 2 aromatic rings. The highest BCUT2D eigenvalue weighted by molar-refractivity contribution is 7.92. The molecule has 2 heterocycles. The van der Waals surface area contributed by atoms with Crippen LogP contribution in [0.5, 0.6) is 0 Å². The maximum atomic E-state index is 12.8. The highest BCUT2D eigenvalue weighted by Crippen LogP contribution is 2.34. The monoisotopic (exact) mass is 436 g/mol. The summed E-state index contributed by atoms with van der Waals surface area (Å²) in [4.78, 5) is 26.1. The standard InChI is InChI=1S/C20H24N2O5S2/c1-5-27-20(24)17-12(2)13(3)28-19(17)21-18(23)15-8-9-16-14(11-15)7-6-10-22(16)29(4,25)26/h8-9,11H,5-7,10H2,1-4H3,(H,21,23). The van der Waals surface area contributed by atoms with Crippen molar-refractivity contribution in [3.8, 4) is 0 Å². The molecule has 1 aliphatic rings. The van der Waals surface area contributed by atoms with Crippen LogP contribution < -0.4 is 9.62 Å². The van der Waals surface area contributed by atoms with Gasteiger partial charge in [0.05, 0.1) is 24.1 Å². The smallest absolute Gasteiger partial charge is 0.341 e. The number of anilines is 2. The van der Waals surface area contributed by atoms with Crippen molar-refractivity contribution in [1.29, 1.82) is 0 Å². The van der Waals surface area contributed by atoms with Crippen LogP contribution in [0.25, 0.3) is 0 Å². The summed E-state index contributed by atoms with van der Waals surface area (Å²) in [6.45, 7) is 6.14. The van der Waals surface area contributed by atoms with Gasteiger partial charge in [0.2, 0.25) is 10.0 Å². The van der Waals surface area contributed by atoms with Crippen molar-refractivity contribution in [3.05, 3.63) is 45.3 Å². The molecule has 1 amide bonds. The summed E-state index contributed by atoms with van der Waals surface area (Å²) in [5.74, 6) is -0.810. The number of aryl methyl sites for hydroxylation is 2. The van der Waals surface area contributed by atoms with Crippen molar-refractivity contribution >= 4 is 43.9 Å². The predicted octanol–water partition coefficient (Wildman–Crippen LogP) is 3.51. The van der Waals surface area contributed by atoms with Gasteiger partial charge in [-0.1, -0.05) is 0 Å². The van der Waals surface area contributed by atoms with Gasteiger partial charge in [-0.25, -0.2) is 13.2 Å². The van der Waals surface area contributed by atoms with Gasteiger partial charge < -0.3 is 10.1 Å². The molecule has 0 aliphatic carbocycles. The van der Waals surface area contributed by atoms with E-state index < -0.39 is 16.0 Å². The molecule has 0 radical (unpaired) electrons. The normalized spacial score (nSPS) is 13.7. The van der Waals surface area contributed by atoms with Crippen LogP contribution in [0, 0.1) is 13.8 Å². The van der Waals surface area contributed by atoms with Gasteiger partial charge in [0.15, 0.2) is 0 Å². The van der Waals surface area contributed by atoms with E-state index in [-0.39, 0.29) is 12.5 Å². The largest absolute Gasteiger partial charge is 0.462 e.